The molecule has 0 radical (unpaired) electrons. The standard InChI is InChI=1S/C14H21NO/c1-4-6-7-12(5-2)14(16)13-10-15-9-8-11(13)3/h8-10,12H,4-7H2,1-3H3. The van der Waals surface area contributed by atoms with Crippen LogP contribution in [0.25, 0.3) is 0 Å². The Labute approximate surface area is 98.1 Å². The van der Waals surface area contributed by atoms with E-state index in [-0.39, 0.29) is 11.7 Å². The van der Waals surface area contributed by atoms with Crippen molar-refractivity contribution < 1.29 is 4.79 Å². The van der Waals surface area contributed by atoms with Crippen LogP contribution in [0.1, 0.15) is 55.5 Å². The summed E-state index contributed by atoms with van der Waals surface area (Å²) in [5, 5.41) is 0. The average Bonchev–Trinajstić information content (AvgIpc) is 2.30. The average molecular weight is 219 g/mol. The number of hydrogen-bond donors (Lipinski definition) is 0. The Morgan fingerprint density at radius 1 is 1.44 bits per heavy atom. The third-order valence-electron chi connectivity index (χ3n) is 3.07. The summed E-state index contributed by atoms with van der Waals surface area (Å²) in [5.74, 6) is 0.435. The van der Waals surface area contributed by atoms with Crippen LogP contribution in [0.15, 0.2) is 18.5 Å². The molecule has 0 aromatic carbocycles. The van der Waals surface area contributed by atoms with Gasteiger partial charge in [-0.25, -0.2) is 0 Å². The molecule has 0 N–H and O–H groups in total. The van der Waals surface area contributed by atoms with Crippen molar-refractivity contribution in [1.29, 1.82) is 0 Å². The van der Waals surface area contributed by atoms with E-state index in [4.69, 9.17) is 0 Å². The van der Waals surface area contributed by atoms with E-state index in [2.05, 4.69) is 18.8 Å². The summed E-state index contributed by atoms with van der Waals surface area (Å²) in [4.78, 5) is 16.3. The molecule has 88 valence electrons. The van der Waals surface area contributed by atoms with Gasteiger partial charge < -0.3 is 0 Å². The summed E-state index contributed by atoms with van der Waals surface area (Å²) in [7, 11) is 0. The van der Waals surface area contributed by atoms with Crippen molar-refractivity contribution in [3.05, 3.63) is 29.6 Å². The predicted octanol–water partition coefficient (Wildman–Crippen LogP) is 3.79. The Bertz CT molecular complexity index is 346. The maximum atomic E-state index is 12.3. The monoisotopic (exact) mass is 219 g/mol. The van der Waals surface area contributed by atoms with Crippen LogP contribution in [0.3, 0.4) is 0 Å². The number of carbonyl (C=O) groups is 1. The first-order chi connectivity index (χ1) is 7.70. The first kappa shape index (κ1) is 12.9. The third kappa shape index (κ3) is 3.16. The van der Waals surface area contributed by atoms with Gasteiger partial charge in [-0.1, -0.05) is 26.7 Å². The van der Waals surface area contributed by atoms with Crippen LogP contribution in [0, 0.1) is 12.8 Å². The lowest BCUT2D eigenvalue weighted by molar-refractivity contribution is 0.0907. The van der Waals surface area contributed by atoms with Gasteiger partial charge in [0.2, 0.25) is 0 Å². The van der Waals surface area contributed by atoms with Crippen molar-refractivity contribution in [1.82, 2.24) is 4.98 Å². The van der Waals surface area contributed by atoms with Crippen LogP contribution >= 0.6 is 0 Å². The van der Waals surface area contributed by atoms with Gasteiger partial charge in [-0.2, -0.15) is 0 Å². The Morgan fingerprint density at radius 2 is 2.19 bits per heavy atom. The van der Waals surface area contributed by atoms with Crippen molar-refractivity contribution in [2.75, 3.05) is 0 Å². The minimum Gasteiger partial charge on any atom is -0.294 e. The fourth-order valence-corrected chi connectivity index (χ4v) is 1.91. The number of carbonyl (C=O) groups excluding carboxylic acids is 1. The molecule has 16 heavy (non-hydrogen) atoms. The molecule has 2 nitrogen and oxygen atoms in total. The number of pyridine rings is 1. The van der Waals surface area contributed by atoms with Gasteiger partial charge in [0, 0.05) is 23.9 Å². The minimum atomic E-state index is 0.169. The smallest absolute Gasteiger partial charge is 0.167 e. The highest BCUT2D eigenvalue weighted by Crippen LogP contribution is 2.20. The lowest BCUT2D eigenvalue weighted by Crippen LogP contribution is -2.15. The maximum Gasteiger partial charge on any atom is 0.167 e. The zero-order valence-electron chi connectivity index (χ0n) is 10.5. The Hall–Kier alpha value is -1.18. The van der Waals surface area contributed by atoms with E-state index in [0.29, 0.717) is 0 Å². The molecule has 0 aliphatic rings. The van der Waals surface area contributed by atoms with Crippen molar-refractivity contribution in [3.8, 4) is 0 Å². The fourth-order valence-electron chi connectivity index (χ4n) is 1.91. The fraction of sp³-hybridized carbons (Fsp3) is 0.571. The molecule has 1 aromatic heterocycles. The van der Waals surface area contributed by atoms with Crippen LogP contribution in [0.5, 0.6) is 0 Å². The largest absolute Gasteiger partial charge is 0.294 e. The van der Waals surface area contributed by atoms with Crippen molar-refractivity contribution in [2.45, 2.75) is 46.5 Å². The third-order valence-corrected chi connectivity index (χ3v) is 3.07. The van der Waals surface area contributed by atoms with Crippen LogP contribution in [0.2, 0.25) is 0 Å². The highest BCUT2D eigenvalue weighted by atomic mass is 16.1. The lowest BCUT2D eigenvalue weighted by atomic mass is 9.90. The molecule has 2 heteroatoms. The molecule has 0 aliphatic carbocycles. The van der Waals surface area contributed by atoms with E-state index in [9.17, 15) is 4.79 Å². The number of rotatable bonds is 6. The normalized spacial score (nSPS) is 12.4. The molecule has 0 aliphatic heterocycles. The number of Topliss-reactive ketones (excluding diaryl/α,β-unsaturated/α-hetero) is 1. The molecule has 1 atom stereocenters. The SMILES string of the molecule is CCCCC(CC)C(=O)c1cnccc1C. The first-order valence-electron chi connectivity index (χ1n) is 6.15. The first-order valence-corrected chi connectivity index (χ1v) is 6.15. The summed E-state index contributed by atoms with van der Waals surface area (Å²) in [6.45, 7) is 6.22. The van der Waals surface area contributed by atoms with Gasteiger partial charge in [0.1, 0.15) is 0 Å². The highest BCUT2D eigenvalue weighted by molar-refractivity contribution is 5.98. The predicted molar refractivity (Wildman–Crippen MR) is 66.6 cm³/mol. The van der Waals surface area contributed by atoms with Gasteiger partial charge in [0.15, 0.2) is 5.78 Å². The van der Waals surface area contributed by atoms with Crippen molar-refractivity contribution in [2.24, 2.45) is 5.92 Å². The van der Waals surface area contributed by atoms with Gasteiger partial charge in [-0.15, -0.1) is 0 Å². The topological polar surface area (TPSA) is 30.0 Å². The summed E-state index contributed by atoms with van der Waals surface area (Å²) in [5.41, 5.74) is 1.83. The molecular formula is C14H21NO. The molecule has 1 aromatic rings. The van der Waals surface area contributed by atoms with Crippen LogP contribution in [0.4, 0.5) is 0 Å². The summed E-state index contributed by atoms with van der Waals surface area (Å²) >= 11 is 0. The lowest BCUT2D eigenvalue weighted by Gasteiger charge is -2.14. The molecule has 1 unspecified atom stereocenters. The minimum absolute atomic E-state index is 0.169. The van der Waals surface area contributed by atoms with Gasteiger partial charge in [0.25, 0.3) is 0 Å². The Kier molecular flexibility index (Phi) is 5.17. The van der Waals surface area contributed by atoms with E-state index in [0.717, 1.165) is 36.8 Å². The summed E-state index contributed by atoms with van der Waals surface area (Å²) in [6, 6.07) is 1.90. The number of unbranched alkanes of at least 4 members (excludes halogenated alkanes) is 1. The Morgan fingerprint density at radius 3 is 2.75 bits per heavy atom. The van der Waals surface area contributed by atoms with Crippen LogP contribution < -0.4 is 0 Å². The van der Waals surface area contributed by atoms with E-state index in [1.807, 2.05) is 13.0 Å². The number of nitrogens with zero attached hydrogens (tertiary/aromatic N) is 1. The number of hydrogen-bond acceptors (Lipinski definition) is 2. The van der Waals surface area contributed by atoms with Gasteiger partial charge in [0.05, 0.1) is 0 Å². The van der Waals surface area contributed by atoms with Gasteiger partial charge >= 0.3 is 0 Å². The number of aromatic nitrogens is 1. The molecule has 0 saturated heterocycles. The Balaban J connectivity index is 2.79. The molecule has 0 amide bonds. The quantitative estimate of drug-likeness (QED) is 0.681. The summed E-state index contributed by atoms with van der Waals surface area (Å²) < 4.78 is 0. The second-order valence-corrected chi connectivity index (χ2v) is 4.30. The van der Waals surface area contributed by atoms with Crippen molar-refractivity contribution in [3.63, 3.8) is 0 Å². The number of aryl methyl sites for hydroxylation is 1. The highest BCUT2D eigenvalue weighted by Gasteiger charge is 2.19. The van der Waals surface area contributed by atoms with Crippen LogP contribution in [-0.4, -0.2) is 10.8 Å². The summed E-state index contributed by atoms with van der Waals surface area (Å²) in [6.07, 6.45) is 7.64. The van der Waals surface area contributed by atoms with E-state index < -0.39 is 0 Å². The number of ketones is 1. The molecular weight excluding hydrogens is 198 g/mol. The van der Waals surface area contributed by atoms with E-state index >= 15 is 0 Å². The maximum absolute atomic E-state index is 12.3. The second kappa shape index (κ2) is 6.41. The molecule has 0 spiro atoms. The van der Waals surface area contributed by atoms with Gasteiger partial charge in [-0.3, -0.25) is 9.78 Å². The second-order valence-electron chi connectivity index (χ2n) is 4.30. The zero-order chi connectivity index (χ0) is 12.0. The van der Waals surface area contributed by atoms with E-state index in [1.54, 1.807) is 12.4 Å². The molecule has 1 rings (SSSR count). The molecule has 0 fully saturated rings. The van der Waals surface area contributed by atoms with Crippen molar-refractivity contribution >= 4 is 5.78 Å². The van der Waals surface area contributed by atoms with E-state index in [1.165, 1.54) is 0 Å². The van der Waals surface area contributed by atoms with Crippen LogP contribution in [-0.2, 0) is 0 Å². The molecule has 1 heterocycles. The molecule has 0 saturated carbocycles. The van der Waals surface area contributed by atoms with Gasteiger partial charge in [-0.05, 0) is 31.4 Å². The zero-order valence-corrected chi connectivity index (χ0v) is 10.5. The molecule has 0 bridgehead atoms.